The maximum absolute atomic E-state index is 14.0. The highest BCUT2D eigenvalue weighted by Gasteiger charge is 2.40. The lowest BCUT2D eigenvalue weighted by Crippen LogP contribution is -2.52. The van der Waals surface area contributed by atoms with Crippen LogP contribution in [0.25, 0.3) is 0 Å². The topological polar surface area (TPSA) is 126 Å². The Morgan fingerprint density at radius 2 is 1.65 bits per heavy atom. The van der Waals surface area contributed by atoms with Crippen LogP contribution in [0.2, 0.25) is 10.0 Å². The van der Waals surface area contributed by atoms with Gasteiger partial charge in [-0.3, -0.25) is 14.4 Å². The van der Waals surface area contributed by atoms with E-state index in [4.69, 9.17) is 27.9 Å². The zero-order chi connectivity index (χ0) is 34.3. The summed E-state index contributed by atoms with van der Waals surface area (Å²) in [5.74, 6) is -0.675. The summed E-state index contributed by atoms with van der Waals surface area (Å²) in [4.78, 5) is 53.4. The fraction of sp³-hybridized carbons (Fsp3) is 0.568. The Morgan fingerprint density at radius 1 is 0.938 bits per heavy atom. The minimum absolute atomic E-state index is 0.0590. The highest BCUT2D eigenvalue weighted by molar-refractivity contribution is 6.30. The van der Waals surface area contributed by atoms with Gasteiger partial charge in [0.25, 0.3) is 0 Å². The zero-order valence-corrected chi connectivity index (χ0v) is 29.4. The predicted octanol–water partition coefficient (Wildman–Crippen LogP) is 6.80. The van der Waals surface area contributed by atoms with Crippen LogP contribution in [0.5, 0.6) is 0 Å². The summed E-state index contributed by atoms with van der Waals surface area (Å²) >= 11 is 12.5. The normalized spacial score (nSPS) is 21.0. The molecule has 3 fully saturated rings. The van der Waals surface area contributed by atoms with E-state index in [-0.39, 0.29) is 47.6 Å². The molecule has 260 valence electrons. The first-order valence-corrected chi connectivity index (χ1v) is 18.1. The molecule has 9 nitrogen and oxygen atoms in total. The number of nitrogens with one attached hydrogen (secondary N) is 4. The highest BCUT2D eigenvalue weighted by Crippen LogP contribution is 2.31. The Bertz CT molecular complexity index is 1460. The quantitative estimate of drug-likeness (QED) is 0.173. The molecule has 1 aliphatic heterocycles. The molecule has 0 radical (unpaired) electrons. The maximum atomic E-state index is 14.0. The predicted molar refractivity (Wildman–Crippen MR) is 187 cm³/mol. The number of halogens is 2. The van der Waals surface area contributed by atoms with Crippen LogP contribution >= 0.6 is 23.2 Å². The zero-order valence-electron chi connectivity index (χ0n) is 27.9. The van der Waals surface area contributed by atoms with E-state index in [0.29, 0.717) is 41.3 Å². The summed E-state index contributed by atoms with van der Waals surface area (Å²) in [5.41, 5.74) is 1.24. The van der Waals surface area contributed by atoms with Gasteiger partial charge >= 0.3 is 6.09 Å². The Kier molecular flexibility index (Phi) is 12.3. The molecule has 2 aromatic rings. The number of ether oxygens (including phenoxy) is 1. The molecule has 4 atom stereocenters. The molecule has 1 saturated heterocycles. The van der Waals surface area contributed by atoms with E-state index in [0.717, 1.165) is 50.5 Å². The molecule has 2 saturated carbocycles. The van der Waals surface area contributed by atoms with Crippen molar-refractivity contribution < 1.29 is 23.9 Å². The lowest BCUT2D eigenvalue weighted by atomic mass is 9.84. The van der Waals surface area contributed by atoms with Crippen molar-refractivity contribution in [2.24, 2.45) is 11.8 Å². The summed E-state index contributed by atoms with van der Waals surface area (Å²) in [5, 5.41) is 13.1. The van der Waals surface area contributed by atoms with Crippen LogP contribution in [0.1, 0.15) is 102 Å². The number of benzene rings is 2. The third-order valence-corrected chi connectivity index (χ3v) is 10.0. The van der Waals surface area contributed by atoms with E-state index in [9.17, 15) is 19.2 Å². The third-order valence-electron chi connectivity index (χ3n) is 9.56. The SMILES string of the molecule is CC1(C)CC(CC(CC(=O)NC2CC2)NC(=O)[C@H](CC2CCCCC2)NC(=O)OC(Cc2cccc(Cl)c2)c2cccc(Cl)c2)C(=O)N1. The van der Waals surface area contributed by atoms with Crippen LogP contribution in [0.4, 0.5) is 4.79 Å². The molecule has 3 unspecified atom stereocenters. The van der Waals surface area contributed by atoms with Crippen LogP contribution in [0, 0.1) is 11.8 Å². The second-order valence-corrected chi connectivity index (χ2v) is 15.4. The number of carbonyl (C=O) groups excluding carboxylic acids is 4. The van der Waals surface area contributed by atoms with Crippen LogP contribution < -0.4 is 21.3 Å². The first-order chi connectivity index (χ1) is 22.9. The van der Waals surface area contributed by atoms with Gasteiger partial charge in [0.2, 0.25) is 17.7 Å². The molecule has 4 amide bonds. The van der Waals surface area contributed by atoms with Gasteiger partial charge in [0.05, 0.1) is 0 Å². The van der Waals surface area contributed by atoms with E-state index in [1.165, 1.54) is 0 Å². The Morgan fingerprint density at radius 3 is 2.29 bits per heavy atom. The van der Waals surface area contributed by atoms with E-state index < -0.39 is 24.3 Å². The lowest BCUT2D eigenvalue weighted by molar-refractivity contribution is -0.127. The summed E-state index contributed by atoms with van der Waals surface area (Å²) in [6.45, 7) is 3.94. The van der Waals surface area contributed by atoms with Crippen molar-refractivity contribution in [3.05, 3.63) is 69.7 Å². The van der Waals surface area contributed by atoms with Gasteiger partial charge in [0.1, 0.15) is 12.1 Å². The molecule has 0 spiro atoms. The molecule has 0 aromatic heterocycles. The van der Waals surface area contributed by atoms with Gasteiger partial charge in [-0.05, 0) is 87.3 Å². The molecule has 2 aliphatic carbocycles. The van der Waals surface area contributed by atoms with Crippen molar-refractivity contribution in [3.63, 3.8) is 0 Å². The molecular weight excluding hydrogens is 651 g/mol. The minimum Gasteiger partial charge on any atom is -0.441 e. The van der Waals surface area contributed by atoms with Gasteiger partial charge in [-0.1, -0.05) is 79.6 Å². The summed E-state index contributed by atoms with van der Waals surface area (Å²) in [6, 6.07) is 13.2. The van der Waals surface area contributed by atoms with Gasteiger partial charge in [-0.25, -0.2) is 4.79 Å². The maximum Gasteiger partial charge on any atom is 0.408 e. The lowest BCUT2D eigenvalue weighted by Gasteiger charge is -2.29. The van der Waals surface area contributed by atoms with E-state index in [1.807, 2.05) is 38.1 Å². The molecule has 3 aliphatic rings. The van der Waals surface area contributed by atoms with Crippen LogP contribution in [-0.4, -0.2) is 47.5 Å². The molecule has 1 heterocycles. The molecule has 11 heteroatoms. The molecule has 4 N–H and O–H groups in total. The fourth-order valence-corrected chi connectivity index (χ4v) is 7.48. The first-order valence-electron chi connectivity index (χ1n) is 17.3. The summed E-state index contributed by atoms with van der Waals surface area (Å²) in [7, 11) is 0. The Balaban J connectivity index is 1.32. The largest absolute Gasteiger partial charge is 0.441 e. The van der Waals surface area contributed by atoms with Crippen LogP contribution in [0.3, 0.4) is 0 Å². The second-order valence-electron chi connectivity index (χ2n) is 14.5. The van der Waals surface area contributed by atoms with E-state index >= 15 is 0 Å². The Labute approximate surface area is 293 Å². The number of rotatable bonds is 14. The summed E-state index contributed by atoms with van der Waals surface area (Å²) in [6.07, 6.45) is 7.56. The van der Waals surface area contributed by atoms with Crippen LogP contribution in [-0.2, 0) is 25.5 Å². The number of carbonyl (C=O) groups is 4. The first kappa shape index (κ1) is 36.0. The smallest absolute Gasteiger partial charge is 0.408 e. The summed E-state index contributed by atoms with van der Waals surface area (Å²) < 4.78 is 6.02. The van der Waals surface area contributed by atoms with Crippen molar-refractivity contribution in [2.45, 2.75) is 121 Å². The van der Waals surface area contributed by atoms with Gasteiger partial charge in [0, 0.05) is 46.4 Å². The van der Waals surface area contributed by atoms with Gasteiger partial charge in [0.15, 0.2) is 0 Å². The molecule has 5 rings (SSSR count). The third kappa shape index (κ3) is 11.1. The van der Waals surface area contributed by atoms with Crippen molar-refractivity contribution in [3.8, 4) is 0 Å². The van der Waals surface area contributed by atoms with E-state index in [1.54, 1.807) is 24.3 Å². The number of hydrogen-bond donors (Lipinski definition) is 4. The Hall–Kier alpha value is -3.30. The average molecular weight is 700 g/mol. The molecule has 2 aromatic carbocycles. The monoisotopic (exact) mass is 698 g/mol. The average Bonchev–Trinajstić information content (AvgIpc) is 3.79. The van der Waals surface area contributed by atoms with Crippen molar-refractivity contribution >= 4 is 47.0 Å². The standard InChI is InChI=1S/C37H48Cl2N4O5/c1-37(2)22-26(34(45)43-37)20-30(21-33(44)40-29-14-15-29)41-35(46)31(17-23-8-4-3-5-9-23)42-36(47)48-32(25-11-7-13-28(39)19-25)18-24-10-6-12-27(38)16-24/h6-7,10-13,16,19,23,26,29-32H,3-5,8-9,14-15,17-18,20-22H2,1-2H3,(H,40,44)(H,41,46)(H,42,47)(H,43,45)/t26?,30?,31-,32?/m0/s1. The minimum atomic E-state index is -0.880. The highest BCUT2D eigenvalue weighted by atomic mass is 35.5. The van der Waals surface area contributed by atoms with Gasteiger partial charge in [-0.15, -0.1) is 0 Å². The van der Waals surface area contributed by atoms with Crippen molar-refractivity contribution in [1.82, 2.24) is 21.3 Å². The molecule has 48 heavy (non-hydrogen) atoms. The molecule has 0 bridgehead atoms. The number of amides is 4. The molecular formula is C37H48Cl2N4O5. The second kappa shape index (κ2) is 16.4. The number of hydrogen-bond acceptors (Lipinski definition) is 5. The van der Waals surface area contributed by atoms with Crippen LogP contribution in [0.15, 0.2) is 48.5 Å². The van der Waals surface area contributed by atoms with Crippen molar-refractivity contribution in [2.75, 3.05) is 0 Å². The fourth-order valence-electron chi connectivity index (χ4n) is 7.07. The van der Waals surface area contributed by atoms with Crippen molar-refractivity contribution in [1.29, 1.82) is 0 Å². The van der Waals surface area contributed by atoms with Gasteiger partial charge in [-0.2, -0.15) is 0 Å². The van der Waals surface area contributed by atoms with E-state index in [2.05, 4.69) is 21.3 Å². The van der Waals surface area contributed by atoms with Gasteiger partial charge < -0.3 is 26.0 Å². The number of alkyl carbamates (subject to hydrolysis) is 1.